The number of aromatic nitrogens is 3. The first-order valence-electron chi connectivity index (χ1n) is 8.71. The van der Waals surface area contributed by atoms with Gasteiger partial charge in [0.1, 0.15) is 5.01 Å². The zero-order valence-corrected chi connectivity index (χ0v) is 15.3. The predicted octanol–water partition coefficient (Wildman–Crippen LogP) is 4.04. The van der Waals surface area contributed by atoms with Gasteiger partial charge in [0, 0.05) is 17.1 Å². The summed E-state index contributed by atoms with van der Waals surface area (Å²) in [6.45, 7) is 4.03. The number of nitrogens with zero attached hydrogens (tertiary/aromatic N) is 5. The molecule has 26 heavy (non-hydrogen) atoms. The summed E-state index contributed by atoms with van der Waals surface area (Å²) in [4.78, 5) is 11.5. The van der Waals surface area contributed by atoms with E-state index in [0.717, 1.165) is 36.5 Å². The topological polar surface area (TPSA) is 78.8 Å². The number of hydrogen-bond donors (Lipinski definition) is 0. The molecule has 1 saturated heterocycles. The van der Waals surface area contributed by atoms with Gasteiger partial charge in [-0.15, -0.1) is 11.3 Å². The fraction of sp³-hybridized carbons (Fsp3) is 0.368. The van der Waals surface area contributed by atoms with Gasteiger partial charge in [-0.2, -0.15) is 10.2 Å². The number of likely N-dealkylation sites (tertiary alicyclic amines) is 1. The Kier molecular flexibility index (Phi) is 4.78. The molecule has 0 amide bonds. The molecule has 7 heteroatoms. The van der Waals surface area contributed by atoms with Crippen LogP contribution in [0.1, 0.15) is 42.3 Å². The van der Waals surface area contributed by atoms with Gasteiger partial charge in [0.15, 0.2) is 0 Å². The molecule has 0 N–H and O–H groups in total. The van der Waals surface area contributed by atoms with Crippen LogP contribution in [0, 0.1) is 17.2 Å². The maximum atomic E-state index is 9.08. The Balaban J connectivity index is 1.62. The van der Waals surface area contributed by atoms with Crippen LogP contribution < -0.4 is 0 Å². The van der Waals surface area contributed by atoms with Crippen LogP contribution in [0.4, 0.5) is 0 Å². The van der Waals surface area contributed by atoms with Gasteiger partial charge in [0.25, 0.3) is 0 Å². The highest BCUT2D eigenvalue weighted by molar-refractivity contribution is 7.09. The van der Waals surface area contributed by atoms with Crippen molar-refractivity contribution in [3.63, 3.8) is 0 Å². The summed E-state index contributed by atoms with van der Waals surface area (Å²) < 4.78 is 5.65. The lowest BCUT2D eigenvalue weighted by molar-refractivity contribution is 0.0683. The number of thiazole rings is 1. The molecule has 1 aliphatic rings. The van der Waals surface area contributed by atoms with Crippen molar-refractivity contribution in [1.82, 2.24) is 20.0 Å². The van der Waals surface area contributed by atoms with Gasteiger partial charge in [0.05, 0.1) is 24.2 Å². The third-order valence-corrected chi connectivity index (χ3v) is 5.57. The van der Waals surface area contributed by atoms with Crippen molar-refractivity contribution in [2.45, 2.75) is 32.4 Å². The molecule has 6 nitrogen and oxygen atoms in total. The molecular weight excluding hydrogens is 346 g/mol. The second-order valence-electron chi connectivity index (χ2n) is 6.61. The maximum Gasteiger partial charge on any atom is 0.244 e. The minimum Gasteiger partial charge on any atom is -0.337 e. The van der Waals surface area contributed by atoms with E-state index < -0.39 is 0 Å². The summed E-state index contributed by atoms with van der Waals surface area (Å²) in [7, 11) is 0. The lowest BCUT2D eigenvalue weighted by Crippen LogP contribution is -2.37. The number of nitriles is 1. The van der Waals surface area contributed by atoms with Crippen LogP contribution in [0.2, 0.25) is 0 Å². The van der Waals surface area contributed by atoms with Crippen LogP contribution in [-0.2, 0) is 6.54 Å². The van der Waals surface area contributed by atoms with Crippen molar-refractivity contribution in [2.24, 2.45) is 5.92 Å². The molecule has 2 unspecified atom stereocenters. The van der Waals surface area contributed by atoms with E-state index in [-0.39, 0.29) is 6.04 Å². The van der Waals surface area contributed by atoms with Gasteiger partial charge in [-0.05, 0) is 37.4 Å². The molecule has 0 bridgehead atoms. The van der Waals surface area contributed by atoms with Crippen LogP contribution >= 0.6 is 11.3 Å². The van der Waals surface area contributed by atoms with Crippen molar-refractivity contribution < 1.29 is 4.52 Å². The van der Waals surface area contributed by atoms with Crippen LogP contribution in [0.5, 0.6) is 0 Å². The first-order chi connectivity index (χ1) is 12.7. The summed E-state index contributed by atoms with van der Waals surface area (Å²) in [5.41, 5.74) is 1.39. The predicted molar refractivity (Wildman–Crippen MR) is 98.1 cm³/mol. The summed E-state index contributed by atoms with van der Waals surface area (Å²) in [6.07, 6.45) is 4.14. The van der Waals surface area contributed by atoms with E-state index in [1.54, 1.807) is 23.5 Å². The Morgan fingerprint density at radius 3 is 3.15 bits per heavy atom. The van der Waals surface area contributed by atoms with E-state index in [1.165, 1.54) is 0 Å². The Morgan fingerprint density at radius 2 is 2.35 bits per heavy atom. The third kappa shape index (κ3) is 3.39. The van der Waals surface area contributed by atoms with Gasteiger partial charge in [-0.25, -0.2) is 4.98 Å². The van der Waals surface area contributed by atoms with Gasteiger partial charge in [-0.1, -0.05) is 24.2 Å². The van der Waals surface area contributed by atoms with E-state index in [2.05, 4.69) is 33.0 Å². The highest BCUT2D eigenvalue weighted by Gasteiger charge is 2.34. The van der Waals surface area contributed by atoms with Crippen molar-refractivity contribution in [2.75, 3.05) is 6.54 Å². The van der Waals surface area contributed by atoms with Gasteiger partial charge in [0.2, 0.25) is 11.7 Å². The Bertz CT molecular complexity index is 914. The van der Waals surface area contributed by atoms with Crippen molar-refractivity contribution in [1.29, 1.82) is 5.26 Å². The molecule has 3 heterocycles. The van der Waals surface area contributed by atoms with Crippen LogP contribution in [0.3, 0.4) is 0 Å². The summed E-state index contributed by atoms with van der Waals surface area (Å²) >= 11 is 1.67. The van der Waals surface area contributed by atoms with Gasteiger partial charge >= 0.3 is 0 Å². The van der Waals surface area contributed by atoms with Crippen LogP contribution in [-0.4, -0.2) is 26.6 Å². The second-order valence-corrected chi connectivity index (χ2v) is 7.59. The third-order valence-electron chi connectivity index (χ3n) is 4.80. The lowest BCUT2D eigenvalue weighted by Gasteiger charge is -2.37. The molecule has 2 aromatic heterocycles. The van der Waals surface area contributed by atoms with Gasteiger partial charge < -0.3 is 4.52 Å². The maximum absolute atomic E-state index is 9.08. The van der Waals surface area contributed by atoms with Crippen LogP contribution in [0.15, 0.2) is 40.4 Å². The zero-order chi connectivity index (χ0) is 17.9. The molecule has 0 radical (unpaired) electrons. The molecule has 0 saturated carbocycles. The Labute approximate surface area is 156 Å². The molecule has 1 aliphatic heterocycles. The largest absolute Gasteiger partial charge is 0.337 e. The molecule has 1 aromatic carbocycles. The SMILES string of the molecule is CC1CCCN(Cc2nccs2)C1c1nc(-c2cccc(C#N)c2)no1. The van der Waals surface area contributed by atoms with Crippen molar-refractivity contribution in [3.8, 4) is 17.5 Å². The average Bonchev–Trinajstić information content (AvgIpc) is 3.34. The summed E-state index contributed by atoms with van der Waals surface area (Å²) in [5, 5.41) is 16.4. The molecule has 0 aliphatic carbocycles. The molecule has 1 fully saturated rings. The summed E-state index contributed by atoms with van der Waals surface area (Å²) in [6, 6.07) is 9.52. The standard InChI is InChI=1S/C19H19N5OS/c1-13-4-3-8-24(12-16-21-7-9-26-16)17(13)19-22-18(23-25-19)15-6-2-5-14(10-15)11-20/h2,5-7,9-10,13,17H,3-4,8,12H2,1H3. The molecular formula is C19H19N5OS. The van der Waals surface area contributed by atoms with E-state index in [0.29, 0.717) is 23.2 Å². The normalized spacial score (nSPS) is 20.8. The average molecular weight is 365 g/mol. The second kappa shape index (κ2) is 7.36. The van der Waals surface area contributed by atoms with Crippen molar-refractivity contribution in [3.05, 3.63) is 52.3 Å². The lowest BCUT2D eigenvalue weighted by atomic mass is 9.90. The van der Waals surface area contributed by atoms with E-state index in [4.69, 9.17) is 9.78 Å². The van der Waals surface area contributed by atoms with Crippen molar-refractivity contribution >= 4 is 11.3 Å². The quantitative estimate of drug-likeness (QED) is 0.694. The number of rotatable bonds is 4. The first kappa shape index (κ1) is 16.9. The minimum atomic E-state index is 0.0908. The zero-order valence-electron chi connectivity index (χ0n) is 14.5. The van der Waals surface area contributed by atoms with Gasteiger partial charge in [-0.3, -0.25) is 4.90 Å². The minimum absolute atomic E-state index is 0.0908. The first-order valence-corrected chi connectivity index (χ1v) is 9.59. The van der Waals surface area contributed by atoms with E-state index in [9.17, 15) is 0 Å². The Morgan fingerprint density at radius 1 is 1.42 bits per heavy atom. The Hall–Kier alpha value is -2.56. The highest BCUT2D eigenvalue weighted by Crippen LogP contribution is 2.36. The summed E-state index contributed by atoms with van der Waals surface area (Å²) in [5.74, 6) is 1.61. The smallest absolute Gasteiger partial charge is 0.244 e. The molecule has 2 atom stereocenters. The fourth-order valence-corrected chi connectivity index (χ4v) is 4.20. The number of hydrogen-bond acceptors (Lipinski definition) is 7. The van der Waals surface area contributed by atoms with Crippen LogP contribution in [0.25, 0.3) is 11.4 Å². The highest BCUT2D eigenvalue weighted by atomic mass is 32.1. The number of benzene rings is 1. The molecule has 4 rings (SSSR count). The fourth-order valence-electron chi connectivity index (χ4n) is 3.56. The van der Waals surface area contributed by atoms with E-state index in [1.807, 2.05) is 23.7 Å². The molecule has 132 valence electrons. The van der Waals surface area contributed by atoms with E-state index >= 15 is 0 Å². The monoisotopic (exact) mass is 365 g/mol. The number of piperidine rings is 1. The molecule has 3 aromatic rings. The molecule has 0 spiro atoms.